The molecule has 0 atom stereocenters. The zero-order chi connectivity index (χ0) is 20.9. The van der Waals surface area contributed by atoms with Gasteiger partial charge >= 0.3 is 5.97 Å². The summed E-state index contributed by atoms with van der Waals surface area (Å²) in [7, 11) is -4.04. The topological polar surface area (TPSA) is 82.1 Å². The number of carbonyl (C=O) groups is 1. The lowest BCUT2D eigenvalue weighted by molar-refractivity contribution is -0.143. The largest absolute Gasteiger partial charge is 0.486 e. The lowest BCUT2D eigenvalue weighted by Crippen LogP contribution is -2.33. The van der Waals surface area contributed by atoms with E-state index < -0.39 is 21.8 Å². The molecule has 0 unspecified atom stereocenters. The molecule has 3 rings (SSSR count). The van der Waals surface area contributed by atoms with Crippen molar-refractivity contribution in [2.45, 2.75) is 24.8 Å². The number of sulfonamides is 1. The summed E-state index contributed by atoms with van der Waals surface area (Å²) in [4.78, 5) is 11.7. The van der Waals surface area contributed by atoms with Crippen LogP contribution >= 0.6 is 0 Å². The van der Waals surface area contributed by atoms with Crippen molar-refractivity contribution in [1.29, 1.82) is 0 Å². The number of esters is 1. The molecule has 0 aliphatic carbocycles. The van der Waals surface area contributed by atoms with Gasteiger partial charge in [0.1, 0.15) is 19.0 Å². The predicted molar refractivity (Wildman–Crippen MR) is 103 cm³/mol. The number of rotatable bonds is 8. The average molecular weight is 423 g/mol. The molecule has 2 aromatic carbocycles. The van der Waals surface area contributed by atoms with E-state index in [4.69, 9.17) is 14.2 Å². The number of carbonyl (C=O) groups excluding carboxylic acids is 1. The molecule has 156 valence electrons. The maximum Gasteiger partial charge on any atom is 0.307 e. The fourth-order valence-electron chi connectivity index (χ4n) is 2.88. The predicted octanol–water partition coefficient (Wildman–Crippen LogP) is 2.74. The van der Waals surface area contributed by atoms with Crippen LogP contribution < -0.4 is 9.47 Å². The summed E-state index contributed by atoms with van der Waals surface area (Å²) in [5.41, 5.74) is 0.206. The monoisotopic (exact) mass is 423 g/mol. The van der Waals surface area contributed by atoms with Gasteiger partial charge in [0.25, 0.3) is 0 Å². The standard InChI is InChI=1S/C20H22FNO6S/c1-2-26-20(23)9-10-22(14-15-5-3-4-6-17(15)21)29(24,25)16-7-8-18-19(13-16)28-12-11-27-18/h3-8,13H,2,9-12,14H2,1H3. The first-order valence-corrected chi connectivity index (χ1v) is 10.6. The zero-order valence-corrected chi connectivity index (χ0v) is 16.8. The first kappa shape index (κ1) is 21.1. The molecule has 0 N–H and O–H groups in total. The van der Waals surface area contributed by atoms with Crippen molar-refractivity contribution in [3.05, 3.63) is 53.8 Å². The second-order valence-corrected chi connectivity index (χ2v) is 8.23. The van der Waals surface area contributed by atoms with Crippen LogP contribution in [0.1, 0.15) is 18.9 Å². The second kappa shape index (κ2) is 9.23. The molecule has 0 aromatic heterocycles. The highest BCUT2D eigenvalue weighted by molar-refractivity contribution is 7.89. The van der Waals surface area contributed by atoms with Gasteiger partial charge in [-0.3, -0.25) is 4.79 Å². The van der Waals surface area contributed by atoms with Gasteiger partial charge in [-0.2, -0.15) is 4.31 Å². The first-order chi connectivity index (χ1) is 13.9. The summed E-state index contributed by atoms with van der Waals surface area (Å²) in [5.74, 6) is -0.259. The molecule has 0 spiro atoms. The van der Waals surface area contributed by atoms with E-state index in [-0.39, 0.29) is 36.6 Å². The van der Waals surface area contributed by atoms with Gasteiger partial charge in [-0.25, -0.2) is 12.8 Å². The molecular weight excluding hydrogens is 401 g/mol. The highest BCUT2D eigenvalue weighted by Crippen LogP contribution is 2.33. The van der Waals surface area contributed by atoms with Crippen LogP contribution in [0.25, 0.3) is 0 Å². The molecule has 9 heteroatoms. The minimum atomic E-state index is -4.04. The van der Waals surface area contributed by atoms with Gasteiger partial charge in [-0.15, -0.1) is 0 Å². The SMILES string of the molecule is CCOC(=O)CCN(Cc1ccccc1F)S(=O)(=O)c1ccc2c(c1)OCCO2. The average Bonchev–Trinajstić information content (AvgIpc) is 2.72. The minimum Gasteiger partial charge on any atom is -0.486 e. The molecule has 29 heavy (non-hydrogen) atoms. The number of benzene rings is 2. The van der Waals surface area contributed by atoms with Crippen molar-refractivity contribution in [1.82, 2.24) is 4.31 Å². The smallest absolute Gasteiger partial charge is 0.307 e. The molecule has 7 nitrogen and oxygen atoms in total. The highest BCUT2D eigenvalue weighted by atomic mass is 32.2. The molecule has 0 bridgehead atoms. The van der Waals surface area contributed by atoms with E-state index in [0.29, 0.717) is 24.7 Å². The van der Waals surface area contributed by atoms with Gasteiger partial charge in [0.15, 0.2) is 11.5 Å². The summed E-state index contributed by atoms with van der Waals surface area (Å²) < 4.78 is 57.5. The summed E-state index contributed by atoms with van der Waals surface area (Å²) in [6, 6.07) is 10.2. The Morgan fingerprint density at radius 3 is 2.59 bits per heavy atom. The van der Waals surface area contributed by atoms with Crippen molar-refractivity contribution in [2.24, 2.45) is 0 Å². The number of hydrogen-bond acceptors (Lipinski definition) is 6. The van der Waals surface area contributed by atoms with Crippen LogP contribution in [0.5, 0.6) is 11.5 Å². The number of hydrogen-bond donors (Lipinski definition) is 0. The second-order valence-electron chi connectivity index (χ2n) is 6.29. The van der Waals surface area contributed by atoms with Gasteiger partial charge in [0.2, 0.25) is 10.0 Å². The van der Waals surface area contributed by atoms with Crippen molar-refractivity contribution in [3.8, 4) is 11.5 Å². The van der Waals surface area contributed by atoms with E-state index in [2.05, 4.69) is 0 Å². The van der Waals surface area contributed by atoms with Crippen LogP contribution in [-0.2, 0) is 26.1 Å². The van der Waals surface area contributed by atoms with Crippen LogP contribution in [0.4, 0.5) is 4.39 Å². The number of nitrogens with zero attached hydrogens (tertiary/aromatic N) is 1. The van der Waals surface area contributed by atoms with Crippen LogP contribution in [-0.4, -0.2) is 45.1 Å². The van der Waals surface area contributed by atoms with Crippen LogP contribution in [0.2, 0.25) is 0 Å². The van der Waals surface area contributed by atoms with Crippen LogP contribution in [0.3, 0.4) is 0 Å². The number of halogens is 1. The van der Waals surface area contributed by atoms with Crippen molar-refractivity contribution in [2.75, 3.05) is 26.4 Å². The quantitative estimate of drug-likeness (QED) is 0.608. The van der Waals surface area contributed by atoms with Crippen LogP contribution in [0, 0.1) is 5.82 Å². The fraction of sp³-hybridized carbons (Fsp3) is 0.350. The number of ether oxygens (including phenoxy) is 3. The Morgan fingerprint density at radius 1 is 1.14 bits per heavy atom. The van der Waals surface area contributed by atoms with E-state index >= 15 is 0 Å². The molecule has 0 radical (unpaired) electrons. The molecule has 2 aromatic rings. The summed E-state index contributed by atoms with van der Waals surface area (Å²) in [6.07, 6.45) is -0.147. The minimum absolute atomic E-state index is 0.0260. The van der Waals surface area contributed by atoms with Gasteiger partial charge in [0.05, 0.1) is 17.9 Å². The molecule has 1 aliphatic heterocycles. The van der Waals surface area contributed by atoms with E-state index in [1.165, 1.54) is 36.4 Å². The third-order valence-electron chi connectivity index (χ3n) is 4.33. The molecule has 0 saturated heterocycles. The Labute approximate surface area is 169 Å². The third kappa shape index (κ3) is 5.04. The van der Waals surface area contributed by atoms with E-state index in [1.807, 2.05) is 0 Å². The molecule has 0 saturated carbocycles. The van der Waals surface area contributed by atoms with Gasteiger partial charge in [-0.1, -0.05) is 18.2 Å². The van der Waals surface area contributed by atoms with E-state index in [1.54, 1.807) is 13.0 Å². The molecular formula is C20H22FNO6S. The Morgan fingerprint density at radius 2 is 1.86 bits per heavy atom. The Kier molecular flexibility index (Phi) is 6.71. The summed E-state index contributed by atoms with van der Waals surface area (Å²) in [5, 5.41) is 0. The van der Waals surface area contributed by atoms with Crippen molar-refractivity contribution < 1.29 is 31.8 Å². The lowest BCUT2D eigenvalue weighted by atomic mass is 10.2. The van der Waals surface area contributed by atoms with Crippen LogP contribution in [0.15, 0.2) is 47.4 Å². The first-order valence-electron chi connectivity index (χ1n) is 9.20. The summed E-state index contributed by atoms with van der Waals surface area (Å²) >= 11 is 0. The Balaban J connectivity index is 1.90. The normalized spacial score (nSPS) is 13.3. The Hall–Kier alpha value is -2.65. The van der Waals surface area contributed by atoms with Gasteiger partial charge in [-0.05, 0) is 25.1 Å². The molecule has 0 amide bonds. The molecule has 1 heterocycles. The lowest BCUT2D eigenvalue weighted by Gasteiger charge is -2.24. The van der Waals surface area contributed by atoms with Crippen molar-refractivity contribution in [3.63, 3.8) is 0 Å². The van der Waals surface area contributed by atoms with Gasteiger partial charge in [0, 0.05) is 24.7 Å². The summed E-state index contributed by atoms with van der Waals surface area (Å²) in [6.45, 7) is 2.20. The third-order valence-corrected chi connectivity index (χ3v) is 6.17. The van der Waals surface area contributed by atoms with Gasteiger partial charge < -0.3 is 14.2 Å². The maximum atomic E-state index is 14.1. The maximum absolute atomic E-state index is 14.1. The Bertz CT molecular complexity index is 979. The molecule has 0 fully saturated rings. The van der Waals surface area contributed by atoms with E-state index in [0.717, 1.165) is 4.31 Å². The highest BCUT2D eigenvalue weighted by Gasteiger charge is 2.28. The zero-order valence-electron chi connectivity index (χ0n) is 16.0. The molecule has 1 aliphatic rings. The number of fused-ring (bicyclic) bond motifs is 1. The fourth-order valence-corrected chi connectivity index (χ4v) is 4.32. The van der Waals surface area contributed by atoms with E-state index in [9.17, 15) is 17.6 Å². The van der Waals surface area contributed by atoms with Crippen molar-refractivity contribution >= 4 is 16.0 Å².